The van der Waals surface area contributed by atoms with Crippen LogP contribution in [0.1, 0.15) is 30.1 Å². The molecule has 1 aromatic rings. The Morgan fingerprint density at radius 3 is 2.91 bits per heavy atom. The fourth-order valence-electron chi connectivity index (χ4n) is 2.30. The zero-order valence-corrected chi connectivity index (χ0v) is 13.9. The first-order chi connectivity index (χ1) is 11.1. The van der Waals surface area contributed by atoms with Gasteiger partial charge in [-0.2, -0.15) is 0 Å². The molecule has 7 heteroatoms. The molecular formula is C16H22ClN3O3. The fourth-order valence-corrected chi connectivity index (χ4v) is 2.56. The van der Waals surface area contributed by atoms with Crippen LogP contribution in [0.2, 0.25) is 5.02 Å². The summed E-state index contributed by atoms with van der Waals surface area (Å²) >= 11 is 6.13. The number of rotatable bonds is 6. The van der Waals surface area contributed by atoms with Crippen molar-refractivity contribution in [2.45, 2.75) is 25.8 Å². The minimum absolute atomic E-state index is 0.0262. The Hall–Kier alpha value is -1.63. The van der Waals surface area contributed by atoms with E-state index in [1.165, 1.54) is 0 Å². The maximum absolute atomic E-state index is 12.0. The highest BCUT2D eigenvalue weighted by molar-refractivity contribution is 6.34. The first-order valence-electron chi connectivity index (χ1n) is 7.79. The molecular weight excluding hydrogens is 318 g/mol. The van der Waals surface area contributed by atoms with Gasteiger partial charge in [-0.3, -0.25) is 9.59 Å². The number of hydrogen-bond donors (Lipinski definition) is 3. The average molecular weight is 340 g/mol. The summed E-state index contributed by atoms with van der Waals surface area (Å²) in [5, 5.41) is 9.10. The minimum atomic E-state index is -0.210. The van der Waals surface area contributed by atoms with Crippen LogP contribution in [0, 0.1) is 0 Å². The van der Waals surface area contributed by atoms with E-state index in [1.54, 1.807) is 18.2 Å². The second kappa shape index (κ2) is 8.86. The SMILES string of the molecule is CCCNC(=O)c1ccc(NC(=O)CC2COCCN2)cc1Cl. The van der Waals surface area contributed by atoms with Crippen LogP contribution in [0.3, 0.4) is 0 Å². The molecule has 0 radical (unpaired) electrons. The van der Waals surface area contributed by atoms with Gasteiger partial charge in [0, 0.05) is 31.2 Å². The van der Waals surface area contributed by atoms with Gasteiger partial charge in [0.25, 0.3) is 5.91 Å². The molecule has 1 fully saturated rings. The zero-order chi connectivity index (χ0) is 16.7. The number of halogens is 1. The molecule has 1 aromatic carbocycles. The fraction of sp³-hybridized carbons (Fsp3) is 0.500. The second-order valence-corrected chi connectivity index (χ2v) is 5.84. The van der Waals surface area contributed by atoms with Crippen molar-refractivity contribution in [2.75, 3.05) is 31.6 Å². The minimum Gasteiger partial charge on any atom is -0.378 e. The van der Waals surface area contributed by atoms with Crippen molar-refractivity contribution in [3.05, 3.63) is 28.8 Å². The second-order valence-electron chi connectivity index (χ2n) is 5.43. The van der Waals surface area contributed by atoms with Crippen molar-refractivity contribution in [1.82, 2.24) is 10.6 Å². The van der Waals surface area contributed by atoms with E-state index in [2.05, 4.69) is 16.0 Å². The van der Waals surface area contributed by atoms with Crippen LogP contribution in [0.4, 0.5) is 5.69 Å². The lowest BCUT2D eigenvalue weighted by Gasteiger charge is -2.23. The molecule has 2 amide bonds. The predicted octanol–water partition coefficient (Wildman–Crippen LogP) is 1.80. The molecule has 0 saturated carbocycles. The smallest absolute Gasteiger partial charge is 0.252 e. The molecule has 1 aliphatic rings. The molecule has 126 valence electrons. The summed E-state index contributed by atoms with van der Waals surface area (Å²) in [6.07, 6.45) is 1.19. The van der Waals surface area contributed by atoms with E-state index >= 15 is 0 Å². The molecule has 0 aliphatic carbocycles. The average Bonchev–Trinajstić information content (AvgIpc) is 2.53. The number of amides is 2. The van der Waals surface area contributed by atoms with Crippen LogP contribution in [0.25, 0.3) is 0 Å². The maximum atomic E-state index is 12.0. The van der Waals surface area contributed by atoms with Gasteiger partial charge in [-0.15, -0.1) is 0 Å². The molecule has 2 rings (SSSR count). The van der Waals surface area contributed by atoms with Crippen LogP contribution in [0.5, 0.6) is 0 Å². The van der Waals surface area contributed by atoms with E-state index in [-0.39, 0.29) is 17.9 Å². The highest BCUT2D eigenvalue weighted by atomic mass is 35.5. The van der Waals surface area contributed by atoms with Crippen molar-refractivity contribution in [3.8, 4) is 0 Å². The van der Waals surface area contributed by atoms with Gasteiger partial charge < -0.3 is 20.7 Å². The van der Waals surface area contributed by atoms with E-state index in [1.807, 2.05) is 6.92 Å². The molecule has 3 N–H and O–H groups in total. The van der Waals surface area contributed by atoms with E-state index in [0.29, 0.717) is 42.5 Å². The standard InChI is InChI=1S/C16H22ClN3O3/c1-2-5-19-16(22)13-4-3-11(8-14(13)17)20-15(21)9-12-10-23-7-6-18-12/h3-4,8,12,18H,2,5-7,9-10H2,1H3,(H,19,22)(H,20,21). The van der Waals surface area contributed by atoms with Crippen LogP contribution in [0.15, 0.2) is 18.2 Å². The third kappa shape index (κ3) is 5.49. The Kier molecular flexibility index (Phi) is 6.83. The van der Waals surface area contributed by atoms with Gasteiger partial charge >= 0.3 is 0 Å². The van der Waals surface area contributed by atoms with Crippen LogP contribution >= 0.6 is 11.6 Å². The quantitative estimate of drug-likeness (QED) is 0.738. The summed E-state index contributed by atoms with van der Waals surface area (Å²) in [4.78, 5) is 23.9. The first-order valence-corrected chi connectivity index (χ1v) is 8.16. The Morgan fingerprint density at radius 2 is 2.26 bits per heavy atom. The Bertz CT molecular complexity index is 560. The van der Waals surface area contributed by atoms with Crippen molar-refractivity contribution < 1.29 is 14.3 Å². The molecule has 1 heterocycles. The lowest BCUT2D eigenvalue weighted by molar-refractivity contribution is -0.117. The molecule has 0 aromatic heterocycles. The lowest BCUT2D eigenvalue weighted by Crippen LogP contribution is -2.43. The molecule has 1 atom stereocenters. The van der Waals surface area contributed by atoms with Crippen molar-refractivity contribution in [2.24, 2.45) is 0 Å². The Balaban J connectivity index is 1.91. The molecule has 0 bridgehead atoms. The maximum Gasteiger partial charge on any atom is 0.252 e. The topological polar surface area (TPSA) is 79.5 Å². The molecule has 6 nitrogen and oxygen atoms in total. The van der Waals surface area contributed by atoms with E-state index in [9.17, 15) is 9.59 Å². The van der Waals surface area contributed by atoms with Gasteiger partial charge in [-0.05, 0) is 24.6 Å². The third-order valence-corrected chi connectivity index (χ3v) is 3.78. The van der Waals surface area contributed by atoms with Gasteiger partial charge in [0.15, 0.2) is 0 Å². The molecule has 1 saturated heterocycles. The summed E-state index contributed by atoms with van der Waals surface area (Å²) in [7, 11) is 0. The molecule has 23 heavy (non-hydrogen) atoms. The van der Waals surface area contributed by atoms with Crippen molar-refractivity contribution in [1.29, 1.82) is 0 Å². The van der Waals surface area contributed by atoms with E-state index in [0.717, 1.165) is 13.0 Å². The van der Waals surface area contributed by atoms with Crippen LogP contribution in [-0.4, -0.2) is 44.2 Å². The summed E-state index contributed by atoms with van der Waals surface area (Å²) in [5.41, 5.74) is 0.976. The zero-order valence-electron chi connectivity index (χ0n) is 13.2. The largest absolute Gasteiger partial charge is 0.378 e. The Morgan fingerprint density at radius 1 is 1.43 bits per heavy atom. The summed E-state index contributed by atoms with van der Waals surface area (Å²) < 4.78 is 5.32. The monoisotopic (exact) mass is 339 g/mol. The predicted molar refractivity (Wildman–Crippen MR) is 89.9 cm³/mol. The van der Waals surface area contributed by atoms with Crippen LogP contribution in [-0.2, 0) is 9.53 Å². The first kappa shape index (κ1) is 17.7. The van der Waals surface area contributed by atoms with Gasteiger partial charge in [-0.25, -0.2) is 0 Å². The number of anilines is 1. The number of hydrogen-bond acceptors (Lipinski definition) is 4. The number of morpholine rings is 1. The molecule has 1 aliphatic heterocycles. The number of ether oxygens (including phenoxy) is 1. The summed E-state index contributed by atoms with van der Waals surface area (Å²) in [6.45, 7) is 4.54. The van der Waals surface area contributed by atoms with E-state index < -0.39 is 0 Å². The van der Waals surface area contributed by atoms with Gasteiger partial charge in [0.2, 0.25) is 5.91 Å². The number of nitrogens with one attached hydrogen (secondary N) is 3. The highest BCUT2D eigenvalue weighted by Crippen LogP contribution is 2.21. The summed E-state index contributed by atoms with van der Waals surface area (Å²) in [6, 6.07) is 4.91. The highest BCUT2D eigenvalue weighted by Gasteiger charge is 2.17. The van der Waals surface area contributed by atoms with Gasteiger partial charge in [-0.1, -0.05) is 18.5 Å². The van der Waals surface area contributed by atoms with Crippen molar-refractivity contribution >= 4 is 29.1 Å². The number of carbonyl (C=O) groups excluding carboxylic acids is 2. The summed E-state index contributed by atoms with van der Waals surface area (Å²) in [5.74, 6) is -0.328. The number of benzene rings is 1. The molecule has 0 spiro atoms. The van der Waals surface area contributed by atoms with Crippen LogP contribution < -0.4 is 16.0 Å². The third-order valence-electron chi connectivity index (χ3n) is 3.46. The van der Waals surface area contributed by atoms with E-state index in [4.69, 9.17) is 16.3 Å². The van der Waals surface area contributed by atoms with Crippen molar-refractivity contribution in [3.63, 3.8) is 0 Å². The Labute approximate surface area is 140 Å². The number of carbonyl (C=O) groups is 2. The molecule has 1 unspecified atom stereocenters. The lowest BCUT2D eigenvalue weighted by atomic mass is 10.1. The normalized spacial score (nSPS) is 17.6. The van der Waals surface area contributed by atoms with Gasteiger partial charge in [0.1, 0.15) is 0 Å². The van der Waals surface area contributed by atoms with Gasteiger partial charge in [0.05, 0.1) is 23.8 Å².